The van der Waals surface area contributed by atoms with Gasteiger partial charge in [-0.15, -0.1) is 0 Å². The van der Waals surface area contributed by atoms with Crippen molar-refractivity contribution in [2.75, 3.05) is 6.54 Å². The second kappa shape index (κ2) is 5.90. The molecule has 6 atom stereocenters. The number of aliphatic hydroxyl groups is 5. The minimum Gasteiger partial charge on any atom is -0.389 e. The summed E-state index contributed by atoms with van der Waals surface area (Å²) in [6, 6.07) is -0.819. The maximum atomic E-state index is 9.65. The lowest BCUT2D eigenvalue weighted by molar-refractivity contribution is -0.190. The van der Waals surface area contributed by atoms with Crippen LogP contribution in [0.15, 0.2) is 0 Å². The van der Waals surface area contributed by atoms with Gasteiger partial charge in [0.25, 0.3) is 0 Å². The van der Waals surface area contributed by atoms with E-state index in [0.717, 1.165) is 12.8 Å². The van der Waals surface area contributed by atoms with E-state index in [0.29, 0.717) is 6.54 Å². The van der Waals surface area contributed by atoms with Crippen LogP contribution < -0.4 is 5.32 Å². The molecular weight excluding hydrogens is 214 g/mol. The molecule has 0 amide bonds. The molecule has 16 heavy (non-hydrogen) atoms. The van der Waals surface area contributed by atoms with Crippen LogP contribution in [-0.2, 0) is 0 Å². The smallest absolute Gasteiger partial charge is 0.111 e. The van der Waals surface area contributed by atoms with E-state index in [2.05, 4.69) is 5.32 Å². The first-order valence-electron chi connectivity index (χ1n) is 5.64. The van der Waals surface area contributed by atoms with Gasteiger partial charge in [-0.1, -0.05) is 13.3 Å². The standard InChI is InChI=1S/C10H21NO5/c1-2-3-4-11-5-6(12)8(14)10(16)9(15)7(5)13/h5-16H,2-4H2,1H3/t5?,6-,7-,8-,9+,10?/m0/s1. The van der Waals surface area contributed by atoms with Crippen molar-refractivity contribution in [3.8, 4) is 0 Å². The van der Waals surface area contributed by atoms with Crippen LogP contribution in [0.2, 0.25) is 0 Å². The Bertz CT molecular complexity index is 199. The Kier molecular flexibility index (Phi) is 5.10. The van der Waals surface area contributed by atoms with Gasteiger partial charge in [0.05, 0.1) is 6.04 Å². The lowest BCUT2D eigenvalue weighted by atomic mass is 9.83. The third-order valence-corrected chi connectivity index (χ3v) is 3.05. The molecule has 1 rings (SSSR count). The fourth-order valence-electron chi connectivity index (χ4n) is 1.92. The largest absolute Gasteiger partial charge is 0.389 e. The Labute approximate surface area is 94.5 Å². The van der Waals surface area contributed by atoms with E-state index in [4.69, 9.17) is 0 Å². The predicted molar refractivity (Wildman–Crippen MR) is 56.7 cm³/mol. The van der Waals surface area contributed by atoms with Crippen LogP contribution in [0.3, 0.4) is 0 Å². The molecule has 0 heterocycles. The average molecular weight is 235 g/mol. The SMILES string of the molecule is CCCCNC1[C@H](O)[C@H](O)C(O)[C@H](O)[C@H]1O. The number of hydrogen-bond donors (Lipinski definition) is 6. The first-order chi connectivity index (χ1) is 7.50. The van der Waals surface area contributed by atoms with E-state index in [1.54, 1.807) is 0 Å². The normalized spacial score (nSPS) is 44.6. The fourth-order valence-corrected chi connectivity index (χ4v) is 1.92. The predicted octanol–water partition coefficient (Wildman–Crippen LogP) is -2.44. The van der Waals surface area contributed by atoms with Crippen LogP contribution in [0, 0.1) is 0 Å². The first kappa shape index (κ1) is 13.8. The topological polar surface area (TPSA) is 113 Å². The number of nitrogens with one attached hydrogen (secondary N) is 1. The Balaban J connectivity index is 2.60. The molecule has 0 aliphatic heterocycles. The summed E-state index contributed by atoms with van der Waals surface area (Å²) >= 11 is 0. The zero-order chi connectivity index (χ0) is 12.3. The summed E-state index contributed by atoms with van der Waals surface area (Å²) in [7, 11) is 0. The van der Waals surface area contributed by atoms with Crippen LogP contribution in [0.4, 0.5) is 0 Å². The molecule has 0 aromatic heterocycles. The molecule has 1 saturated carbocycles. The molecule has 0 bridgehead atoms. The van der Waals surface area contributed by atoms with E-state index in [9.17, 15) is 25.5 Å². The van der Waals surface area contributed by atoms with Gasteiger partial charge in [-0.3, -0.25) is 0 Å². The first-order valence-corrected chi connectivity index (χ1v) is 5.64. The summed E-state index contributed by atoms with van der Waals surface area (Å²) in [6.45, 7) is 2.58. The molecule has 96 valence electrons. The van der Waals surface area contributed by atoms with E-state index in [1.165, 1.54) is 0 Å². The number of hydrogen-bond acceptors (Lipinski definition) is 6. The van der Waals surface area contributed by atoms with E-state index >= 15 is 0 Å². The van der Waals surface area contributed by atoms with Crippen molar-refractivity contribution in [3.63, 3.8) is 0 Å². The average Bonchev–Trinajstić information content (AvgIpc) is 2.28. The van der Waals surface area contributed by atoms with E-state index < -0.39 is 36.6 Å². The zero-order valence-electron chi connectivity index (χ0n) is 9.32. The van der Waals surface area contributed by atoms with Gasteiger partial charge >= 0.3 is 0 Å². The lowest BCUT2D eigenvalue weighted by Gasteiger charge is -2.42. The highest BCUT2D eigenvalue weighted by Gasteiger charge is 2.47. The third kappa shape index (κ3) is 2.71. The third-order valence-electron chi connectivity index (χ3n) is 3.05. The van der Waals surface area contributed by atoms with Crippen molar-refractivity contribution >= 4 is 0 Å². The molecule has 0 aromatic rings. The highest BCUT2D eigenvalue weighted by molar-refractivity contribution is 5.01. The maximum Gasteiger partial charge on any atom is 0.111 e. The van der Waals surface area contributed by atoms with Crippen molar-refractivity contribution in [1.29, 1.82) is 0 Å². The summed E-state index contributed by atoms with van der Waals surface area (Å²) in [5.74, 6) is 0. The van der Waals surface area contributed by atoms with Crippen LogP contribution in [-0.4, -0.2) is 68.6 Å². The molecule has 2 unspecified atom stereocenters. The lowest BCUT2D eigenvalue weighted by Crippen LogP contribution is -2.67. The Morgan fingerprint density at radius 3 is 1.69 bits per heavy atom. The van der Waals surface area contributed by atoms with E-state index in [1.807, 2.05) is 6.92 Å². The number of unbranched alkanes of at least 4 members (excludes halogenated alkanes) is 1. The molecule has 1 fully saturated rings. The highest BCUT2D eigenvalue weighted by atomic mass is 16.4. The van der Waals surface area contributed by atoms with Crippen molar-refractivity contribution < 1.29 is 25.5 Å². The van der Waals surface area contributed by atoms with Gasteiger partial charge in [0.15, 0.2) is 0 Å². The van der Waals surface area contributed by atoms with Crippen LogP contribution in [0.5, 0.6) is 0 Å². The second-order valence-electron chi connectivity index (χ2n) is 4.29. The minimum atomic E-state index is -1.52. The molecule has 1 aliphatic rings. The highest BCUT2D eigenvalue weighted by Crippen LogP contribution is 2.21. The van der Waals surface area contributed by atoms with Gasteiger partial charge < -0.3 is 30.8 Å². The van der Waals surface area contributed by atoms with E-state index in [-0.39, 0.29) is 0 Å². The van der Waals surface area contributed by atoms with Gasteiger partial charge in [-0.25, -0.2) is 0 Å². The molecule has 0 saturated heterocycles. The Hall–Kier alpha value is -0.240. The van der Waals surface area contributed by atoms with Gasteiger partial charge in [0.1, 0.15) is 30.5 Å². The Morgan fingerprint density at radius 2 is 1.25 bits per heavy atom. The quantitative estimate of drug-likeness (QED) is 0.302. The number of rotatable bonds is 4. The van der Waals surface area contributed by atoms with Crippen molar-refractivity contribution in [1.82, 2.24) is 5.32 Å². The molecule has 6 heteroatoms. The number of aliphatic hydroxyl groups excluding tert-OH is 5. The van der Waals surface area contributed by atoms with Crippen LogP contribution in [0.1, 0.15) is 19.8 Å². The summed E-state index contributed by atoms with van der Waals surface area (Å²) < 4.78 is 0. The molecule has 0 aromatic carbocycles. The molecule has 6 nitrogen and oxygen atoms in total. The second-order valence-corrected chi connectivity index (χ2v) is 4.29. The minimum absolute atomic E-state index is 0.574. The molecule has 1 aliphatic carbocycles. The zero-order valence-corrected chi connectivity index (χ0v) is 9.32. The van der Waals surface area contributed by atoms with Gasteiger partial charge in [-0.05, 0) is 13.0 Å². The summed E-state index contributed by atoms with van der Waals surface area (Å²) in [5.41, 5.74) is 0. The summed E-state index contributed by atoms with van der Waals surface area (Å²) in [6.07, 6.45) is -5.16. The van der Waals surface area contributed by atoms with Gasteiger partial charge in [-0.2, -0.15) is 0 Å². The van der Waals surface area contributed by atoms with Crippen LogP contribution in [0.25, 0.3) is 0 Å². The maximum absolute atomic E-state index is 9.65. The summed E-state index contributed by atoms with van der Waals surface area (Å²) in [4.78, 5) is 0. The molecule has 0 spiro atoms. The summed E-state index contributed by atoms with van der Waals surface area (Å²) in [5, 5.41) is 50.4. The van der Waals surface area contributed by atoms with Crippen LogP contribution >= 0.6 is 0 Å². The Morgan fingerprint density at radius 1 is 0.812 bits per heavy atom. The van der Waals surface area contributed by atoms with Gasteiger partial charge in [0.2, 0.25) is 0 Å². The van der Waals surface area contributed by atoms with Gasteiger partial charge in [0, 0.05) is 0 Å². The van der Waals surface area contributed by atoms with Crippen molar-refractivity contribution in [2.24, 2.45) is 0 Å². The van der Waals surface area contributed by atoms with Crippen molar-refractivity contribution in [2.45, 2.75) is 56.3 Å². The molecule has 6 N–H and O–H groups in total. The fraction of sp³-hybridized carbons (Fsp3) is 1.00. The van der Waals surface area contributed by atoms with Crippen molar-refractivity contribution in [3.05, 3.63) is 0 Å². The molecular formula is C10H21NO5. The molecule has 0 radical (unpaired) electrons. The monoisotopic (exact) mass is 235 g/mol.